The molecule has 0 bridgehead atoms. The summed E-state index contributed by atoms with van der Waals surface area (Å²) in [5.74, 6) is -0.398. The van der Waals surface area contributed by atoms with Gasteiger partial charge in [-0.1, -0.05) is 0 Å². The molecule has 4 nitrogen and oxygen atoms in total. The Morgan fingerprint density at radius 3 is 2.71 bits per heavy atom. The van der Waals surface area contributed by atoms with E-state index in [4.69, 9.17) is 15.2 Å². The highest BCUT2D eigenvalue weighted by molar-refractivity contribution is 5.98. The molecule has 0 spiro atoms. The molecular formula is C9H8FNO3. The van der Waals surface area contributed by atoms with Gasteiger partial charge in [0.25, 0.3) is 0 Å². The van der Waals surface area contributed by atoms with E-state index in [1.165, 1.54) is 6.07 Å². The van der Waals surface area contributed by atoms with Crippen LogP contribution in [0.5, 0.6) is 11.5 Å². The fourth-order valence-corrected chi connectivity index (χ4v) is 1.24. The lowest BCUT2D eigenvalue weighted by Gasteiger charge is -2.02. The first kappa shape index (κ1) is 8.96. The molecule has 0 atom stereocenters. The van der Waals surface area contributed by atoms with Crippen molar-refractivity contribution in [2.45, 2.75) is 0 Å². The van der Waals surface area contributed by atoms with Gasteiger partial charge in [-0.05, 0) is 6.07 Å². The van der Waals surface area contributed by atoms with Gasteiger partial charge in [0, 0.05) is 6.07 Å². The van der Waals surface area contributed by atoms with E-state index in [1.807, 2.05) is 0 Å². The van der Waals surface area contributed by atoms with Crippen LogP contribution in [0.15, 0.2) is 12.1 Å². The molecule has 0 radical (unpaired) electrons. The molecule has 0 amide bonds. The van der Waals surface area contributed by atoms with Gasteiger partial charge < -0.3 is 15.2 Å². The molecule has 1 aliphatic heterocycles. The summed E-state index contributed by atoms with van der Waals surface area (Å²) < 4.78 is 23.2. The van der Waals surface area contributed by atoms with E-state index >= 15 is 0 Å². The van der Waals surface area contributed by atoms with E-state index in [-0.39, 0.29) is 18.9 Å². The Labute approximate surface area is 79.4 Å². The van der Waals surface area contributed by atoms with Crippen LogP contribution >= 0.6 is 0 Å². The summed E-state index contributed by atoms with van der Waals surface area (Å²) in [4.78, 5) is 11.2. The van der Waals surface area contributed by atoms with E-state index in [0.717, 1.165) is 6.07 Å². The number of fused-ring (bicyclic) bond motifs is 1. The van der Waals surface area contributed by atoms with Crippen LogP contribution in [0.3, 0.4) is 0 Å². The molecular weight excluding hydrogens is 189 g/mol. The second-order valence-electron chi connectivity index (χ2n) is 2.81. The van der Waals surface area contributed by atoms with Gasteiger partial charge in [-0.3, -0.25) is 4.79 Å². The summed E-state index contributed by atoms with van der Waals surface area (Å²) in [6, 6.07) is 2.44. The third-order valence-electron chi connectivity index (χ3n) is 1.95. The summed E-state index contributed by atoms with van der Waals surface area (Å²) in [5, 5.41) is 0. The van der Waals surface area contributed by atoms with Crippen LogP contribution in [-0.2, 0) is 0 Å². The number of rotatable bonds is 2. The van der Waals surface area contributed by atoms with Gasteiger partial charge >= 0.3 is 0 Å². The van der Waals surface area contributed by atoms with Crippen LogP contribution in [0.25, 0.3) is 0 Å². The van der Waals surface area contributed by atoms with Gasteiger partial charge in [-0.25, -0.2) is 4.39 Å². The maximum Gasteiger partial charge on any atom is 0.231 e. The average Bonchev–Trinajstić information content (AvgIpc) is 2.62. The molecule has 0 fully saturated rings. The van der Waals surface area contributed by atoms with Crippen molar-refractivity contribution < 1.29 is 18.7 Å². The van der Waals surface area contributed by atoms with Crippen molar-refractivity contribution in [2.24, 2.45) is 5.73 Å². The number of carbonyl (C=O) groups is 1. The molecule has 2 N–H and O–H groups in total. The first-order chi connectivity index (χ1) is 6.72. The van der Waals surface area contributed by atoms with E-state index in [0.29, 0.717) is 11.5 Å². The number of benzene rings is 1. The molecule has 1 aliphatic rings. The highest BCUT2D eigenvalue weighted by Gasteiger charge is 2.20. The average molecular weight is 197 g/mol. The fraction of sp³-hybridized carbons (Fsp3) is 0.222. The second-order valence-corrected chi connectivity index (χ2v) is 2.81. The number of Topliss-reactive ketones (excluding diaryl/α,β-unsaturated/α-hetero) is 1. The number of nitrogens with two attached hydrogens (primary N) is 1. The van der Waals surface area contributed by atoms with Gasteiger partial charge in [-0.15, -0.1) is 0 Å². The lowest BCUT2D eigenvalue weighted by molar-refractivity contribution is 0.0997. The molecule has 0 aliphatic carbocycles. The largest absolute Gasteiger partial charge is 0.454 e. The van der Waals surface area contributed by atoms with E-state index in [2.05, 4.69) is 0 Å². The van der Waals surface area contributed by atoms with Gasteiger partial charge in [0.15, 0.2) is 17.3 Å². The van der Waals surface area contributed by atoms with Gasteiger partial charge in [0.05, 0.1) is 12.1 Å². The minimum absolute atomic E-state index is 0.0506. The molecule has 1 aromatic rings. The van der Waals surface area contributed by atoms with Crippen LogP contribution < -0.4 is 15.2 Å². The smallest absolute Gasteiger partial charge is 0.231 e. The van der Waals surface area contributed by atoms with Crippen molar-refractivity contribution >= 4 is 5.78 Å². The van der Waals surface area contributed by atoms with Crippen molar-refractivity contribution in [1.29, 1.82) is 0 Å². The van der Waals surface area contributed by atoms with Crippen molar-refractivity contribution in [3.8, 4) is 11.5 Å². The SMILES string of the molecule is NCC(=O)c1cc2c(cc1F)OCO2. The van der Waals surface area contributed by atoms with E-state index in [9.17, 15) is 9.18 Å². The molecule has 0 aromatic heterocycles. The minimum atomic E-state index is -0.635. The third kappa shape index (κ3) is 1.31. The number of carbonyl (C=O) groups excluding carboxylic acids is 1. The number of ketones is 1. The Morgan fingerprint density at radius 1 is 1.43 bits per heavy atom. The topological polar surface area (TPSA) is 61.6 Å². The predicted molar refractivity (Wildman–Crippen MR) is 45.9 cm³/mol. The van der Waals surface area contributed by atoms with Crippen LogP contribution in [0, 0.1) is 5.82 Å². The standard InChI is InChI=1S/C9H8FNO3/c10-6-2-9-8(13-4-14-9)1-5(6)7(12)3-11/h1-2H,3-4,11H2. The monoisotopic (exact) mass is 197 g/mol. The van der Waals surface area contributed by atoms with Gasteiger partial charge in [-0.2, -0.15) is 0 Å². The fourth-order valence-electron chi connectivity index (χ4n) is 1.24. The van der Waals surface area contributed by atoms with E-state index < -0.39 is 11.6 Å². The van der Waals surface area contributed by atoms with Crippen molar-refractivity contribution in [1.82, 2.24) is 0 Å². The number of halogens is 1. The first-order valence-corrected chi connectivity index (χ1v) is 4.05. The molecule has 14 heavy (non-hydrogen) atoms. The molecule has 0 unspecified atom stereocenters. The lowest BCUT2D eigenvalue weighted by Crippen LogP contribution is -2.15. The quantitative estimate of drug-likeness (QED) is 0.709. The summed E-state index contributed by atoms with van der Waals surface area (Å²) in [7, 11) is 0. The predicted octanol–water partition coefficient (Wildman–Crippen LogP) is 0.696. The molecule has 2 rings (SSSR count). The minimum Gasteiger partial charge on any atom is -0.454 e. The Bertz CT molecular complexity index is 392. The Kier molecular flexibility index (Phi) is 2.09. The van der Waals surface area contributed by atoms with Crippen LogP contribution in [0.2, 0.25) is 0 Å². The second kappa shape index (κ2) is 3.26. The molecule has 5 heteroatoms. The number of hydrogen-bond acceptors (Lipinski definition) is 4. The van der Waals surface area contributed by atoms with Crippen LogP contribution in [-0.4, -0.2) is 19.1 Å². The number of hydrogen-bond donors (Lipinski definition) is 1. The summed E-state index contributed by atoms with van der Waals surface area (Å²) >= 11 is 0. The Morgan fingerprint density at radius 2 is 2.07 bits per heavy atom. The molecule has 1 heterocycles. The summed E-state index contributed by atoms with van der Waals surface area (Å²) in [6.45, 7) is -0.175. The molecule has 1 aromatic carbocycles. The summed E-state index contributed by atoms with van der Waals surface area (Å²) in [5.41, 5.74) is 5.07. The molecule has 74 valence electrons. The van der Waals surface area contributed by atoms with Gasteiger partial charge in [0.2, 0.25) is 6.79 Å². The zero-order chi connectivity index (χ0) is 10.1. The third-order valence-corrected chi connectivity index (χ3v) is 1.95. The first-order valence-electron chi connectivity index (χ1n) is 4.05. The zero-order valence-electron chi connectivity index (χ0n) is 7.25. The Balaban J connectivity index is 2.47. The van der Waals surface area contributed by atoms with Crippen molar-refractivity contribution in [2.75, 3.05) is 13.3 Å². The molecule has 0 saturated carbocycles. The highest BCUT2D eigenvalue weighted by Crippen LogP contribution is 2.34. The zero-order valence-corrected chi connectivity index (χ0v) is 7.25. The Hall–Kier alpha value is -1.62. The van der Waals surface area contributed by atoms with Crippen molar-refractivity contribution in [3.63, 3.8) is 0 Å². The maximum absolute atomic E-state index is 13.3. The molecule has 0 saturated heterocycles. The van der Waals surface area contributed by atoms with Crippen LogP contribution in [0.1, 0.15) is 10.4 Å². The highest BCUT2D eigenvalue weighted by atomic mass is 19.1. The van der Waals surface area contributed by atoms with Gasteiger partial charge in [0.1, 0.15) is 5.82 Å². The normalized spacial score (nSPS) is 13.0. The maximum atomic E-state index is 13.3. The summed E-state index contributed by atoms with van der Waals surface area (Å²) in [6.07, 6.45) is 0. The van der Waals surface area contributed by atoms with Crippen LogP contribution in [0.4, 0.5) is 4.39 Å². The lowest BCUT2D eigenvalue weighted by atomic mass is 10.1. The van der Waals surface area contributed by atoms with E-state index in [1.54, 1.807) is 0 Å². The number of ether oxygens (including phenoxy) is 2. The van der Waals surface area contributed by atoms with Crippen molar-refractivity contribution in [3.05, 3.63) is 23.5 Å².